The minimum atomic E-state index is -0.371. The molecule has 1 amide bonds. The van der Waals surface area contributed by atoms with E-state index in [0.717, 1.165) is 38.2 Å². The second-order valence-electron chi connectivity index (χ2n) is 7.64. The van der Waals surface area contributed by atoms with Gasteiger partial charge in [-0.05, 0) is 31.9 Å². The minimum Gasteiger partial charge on any atom is -0.381 e. The van der Waals surface area contributed by atoms with Crippen LogP contribution in [0.1, 0.15) is 25.5 Å². The average molecular weight is 352 g/mol. The third-order valence-corrected chi connectivity index (χ3v) is 5.98. The van der Waals surface area contributed by atoms with Crippen molar-refractivity contribution in [1.82, 2.24) is 9.88 Å². The number of nitrogens with zero attached hydrogens (tertiary/aromatic N) is 4. The first-order chi connectivity index (χ1) is 12.6. The number of hydrogen-bond acceptors (Lipinski definition) is 5. The molecule has 1 aromatic rings. The van der Waals surface area contributed by atoms with Crippen molar-refractivity contribution in [3.63, 3.8) is 0 Å². The molecular formula is C20H24N4O2. The van der Waals surface area contributed by atoms with Gasteiger partial charge in [0.2, 0.25) is 5.91 Å². The lowest BCUT2D eigenvalue weighted by Gasteiger charge is -2.41. The molecule has 6 heteroatoms. The number of nitriles is 1. The zero-order valence-electron chi connectivity index (χ0n) is 15.1. The molecule has 4 heterocycles. The second-order valence-corrected chi connectivity index (χ2v) is 7.64. The highest BCUT2D eigenvalue weighted by Crippen LogP contribution is 2.45. The minimum absolute atomic E-state index is 0.200. The van der Waals surface area contributed by atoms with Crippen molar-refractivity contribution < 1.29 is 9.53 Å². The van der Waals surface area contributed by atoms with E-state index in [1.165, 1.54) is 5.57 Å². The Morgan fingerprint density at radius 2 is 2.35 bits per heavy atom. The Kier molecular flexibility index (Phi) is 4.41. The third kappa shape index (κ3) is 2.86. The van der Waals surface area contributed by atoms with E-state index in [4.69, 9.17) is 10.00 Å². The van der Waals surface area contributed by atoms with Crippen LogP contribution in [0.2, 0.25) is 0 Å². The molecule has 2 saturated heterocycles. The molecule has 3 aliphatic rings. The van der Waals surface area contributed by atoms with Crippen LogP contribution >= 0.6 is 0 Å². The Morgan fingerprint density at radius 1 is 1.46 bits per heavy atom. The number of ether oxygens (including phenoxy) is 1. The molecule has 136 valence electrons. The van der Waals surface area contributed by atoms with Crippen molar-refractivity contribution in [2.24, 2.45) is 11.3 Å². The maximum Gasteiger partial charge on any atom is 0.231 e. The molecule has 2 atom stereocenters. The summed E-state index contributed by atoms with van der Waals surface area (Å²) in [6.45, 7) is 6.42. The normalized spacial score (nSPS) is 28.3. The lowest BCUT2D eigenvalue weighted by atomic mass is 9.73. The first-order valence-corrected chi connectivity index (χ1v) is 9.26. The summed E-state index contributed by atoms with van der Waals surface area (Å²) in [6.07, 6.45) is 5.68. The van der Waals surface area contributed by atoms with E-state index in [2.05, 4.69) is 29.0 Å². The summed E-state index contributed by atoms with van der Waals surface area (Å²) in [7, 11) is 0. The summed E-state index contributed by atoms with van der Waals surface area (Å²) in [6, 6.07) is 5.72. The highest BCUT2D eigenvalue weighted by molar-refractivity contribution is 5.85. The van der Waals surface area contributed by atoms with Crippen LogP contribution in [0, 0.1) is 22.7 Å². The van der Waals surface area contributed by atoms with Gasteiger partial charge in [-0.1, -0.05) is 11.6 Å². The number of carbonyl (C=O) groups excluding carboxylic acids is 1. The molecule has 2 unspecified atom stereocenters. The number of anilines is 1. The van der Waals surface area contributed by atoms with Gasteiger partial charge < -0.3 is 14.5 Å². The van der Waals surface area contributed by atoms with Crippen LogP contribution in [0.15, 0.2) is 30.0 Å². The van der Waals surface area contributed by atoms with Crippen LogP contribution in [-0.2, 0) is 9.53 Å². The van der Waals surface area contributed by atoms with Crippen LogP contribution in [0.25, 0.3) is 0 Å². The smallest absolute Gasteiger partial charge is 0.231 e. The monoisotopic (exact) mass is 352 g/mol. The third-order valence-electron chi connectivity index (χ3n) is 5.98. The zero-order valence-corrected chi connectivity index (χ0v) is 15.1. The fourth-order valence-corrected chi connectivity index (χ4v) is 4.54. The van der Waals surface area contributed by atoms with Gasteiger partial charge in [0, 0.05) is 38.7 Å². The molecule has 4 rings (SSSR count). The molecule has 0 spiro atoms. The molecule has 6 nitrogen and oxygen atoms in total. The van der Waals surface area contributed by atoms with Crippen molar-refractivity contribution in [2.75, 3.05) is 44.3 Å². The molecule has 0 N–H and O–H groups in total. The molecule has 1 aromatic heterocycles. The number of carbonyl (C=O) groups is 1. The molecule has 3 aliphatic heterocycles. The SMILES string of the molecule is CC1=CCCN(C(=O)C23CCOCC2CN(c2ccc(C#N)nc2)C3)C1. The van der Waals surface area contributed by atoms with Gasteiger partial charge in [-0.2, -0.15) is 5.26 Å². The lowest BCUT2D eigenvalue weighted by Crippen LogP contribution is -2.53. The summed E-state index contributed by atoms with van der Waals surface area (Å²) in [4.78, 5) is 22.0. The number of amides is 1. The Hall–Kier alpha value is -2.39. The summed E-state index contributed by atoms with van der Waals surface area (Å²) in [5, 5.41) is 8.94. The Bertz CT molecular complexity index is 767. The molecule has 0 saturated carbocycles. The summed E-state index contributed by atoms with van der Waals surface area (Å²) in [5.74, 6) is 0.480. The van der Waals surface area contributed by atoms with E-state index in [9.17, 15) is 4.79 Å². The first-order valence-electron chi connectivity index (χ1n) is 9.26. The standard InChI is InChI=1S/C20H24N4O2/c1-15-3-2-7-23(11-15)19(25)20-6-8-26-13-16(20)12-24(14-20)18-5-4-17(9-21)22-10-18/h3-5,10,16H,2,6-8,11-14H2,1H3. The van der Waals surface area contributed by atoms with Gasteiger partial charge >= 0.3 is 0 Å². The molecule has 0 aliphatic carbocycles. The van der Waals surface area contributed by atoms with Gasteiger partial charge in [0.25, 0.3) is 0 Å². The summed E-state index contributed by atoms with van der Waals surface area (Å²) >= 11 is 0. The van der Waals surface area contributed by atoms with Crippen LogP contribution in [-0.4, -0.2) is 55.2 Å². The number of aromatic nitrogens is 1. The maximum absolute atomic E-state index is 13.5. The lowest BCUT2D eigenvalue weighted by molar-refractivity contribution is -0.150. The highest BCUT2D eigenvalue weighted by atomic mass is 16.5. The quantitative estimate of drug-likeness (QED) is 0.761. The van der Waals surface area contributed by atoms with E-state index in [-0.39, 0.29) is 17.2 Å². The number of fused-ring (bicyclic) bond motifs is 1. The number of hydrogen-bond donors (Lipinski definition) is 0. The largest absolute Gasteiger partial charge is 0.381 e. The molecule has 26 heavy (non-hydrogen) atoms. The fraction of sp³-hybridized carbons (Fsp3) is 0.550. The Balaban J connectivity index is 1.59. The Morgan fingerprint density at radius 3 is 3.08 bits per heavy atom. The predicted molar refractivity (Wildman–Crippen MR) is 97.5 cm³/mol. The second kappa shape index (κ2) is 6.73. The zero-order chi connectivity index (χ0) is 18.1. The van der Waals surface area contributed by atoms with Gasteiger partial charge in [-0.25, -0.2) is 4.98 Å². The van der Waals surface area contributed by atoms with E-state index in [0.29, 0.717) is 25.5 Å². The van der Waals surface area contributed by atoms with Gasteiger partial charge in [0.15, 0.2) is 0 Å². The topological polar surface area (TPSA) is 69.5 Å². The molecular weight excluding hydrogens is 328 g/mol. The van der Waals surface area contributed by atoms with Gasteiger partial charge in [0.05, 0.1) is 23.9 Å². The van der Waals surface area contributed by atoms with Crippen LogP contribution in [0.5, 0.6) is 0 Å². The van der Waals surface area contributed by atoms with E-state index in [1.807, 2.05) is 11.0 Å². The van der Waals surface area contributed by atoms with Crippen LogP contribution < -0.4 is 4.90 Å². The maximum atomic E-state index is 13.5. The van der Waals surface area contributed by atoms with Gasteiger partial charge in [-0.15, -0.1) is 0 Å². The number of pyridine rings is 1. The summed E-state index contributed by atoms with van der Waals surface area (Å²) < 4.78 is 5.72. The van der Waals surface area contributed by atoms with Crippen molar-refractivity contribution in [2.45, 2.75) is 19.8 Å². The van der Waals surface area contributed by atoms with Gasteiger partial charge in [0.1, 0.15) is 11.8 Å². The Labute approximate surface area is 154 Å². The van der Waals surface area contributed by atoms with Crippen LogP contribution in [0.4, 0.5) is 5.69 Å². The van der Waals surface area contributed by atoms with Crippen molar-refractivity contribution in [3.05, 3.63) is 35.7 Å². The van der Waals surface area contributed by atoms with E-state index >= 15 is 0 Å². The average Bonchev–Trinajstić information content (AvgIpc) is 3.08. The van der Waals surface area contributed by atoms with E-state index in [1.54, 1.807) is 12.3 Å². The van der Waals surface area contributed by atoms with Crippen molar-refractivity contribution in [3.8, 4) is 6.07 Å². The number of rotatable bonds is 2. The van der Waals surface area contributed by atoms with Crippen molar-refractivity contribution in [1.29, 1.82) is 5.26 Å². The first kappa shape index (κ1) is 17.0. The predicted octanol–water partition coefficient (Wildman–Crippen LogP) is 1.97. The van der Waals surface area contributed by atoms with Crippen LogP contribution in [0.3, 0.4) is 0 Å². The fourth-order valence-electron chi connectivity index (χ4n) is 4.54. The highest BCUT2D eigenvalue weighted by Gasteiger charge is 2.55. The molecule has 0 aromatic carbocycles. The summed E-state index contributed by atoms with van der Waals surface area (Å²) in [5.41, 5.74) is 2.29. The molecule has 0 bridgehead atoms. The van der Waals surface area contributed by atoms with Crippen molar-refractivity contribution >= 4 is 11.6 Å². The van der Waals surface area contributed by atoms with Gasteiger partial charge in [-0.3, -0.25) is 4.79 Å². The molecule has 0 radical (unpaired) electrons. The van der Waals surface area contributed by atoms with E-state index < -0.39 is 0 Å². The molecule has 2 fully saturated rings.